The van der Waals surface area contributed by atoms with Gasteiger partial charge in [-0.15, -0.1) is 0 Å². The lowest BCUT2D eigenvalue weighted by molar-refractivity contribution is 0.0944. The first-order valence-electron chi connectivity index (χ1n) is 6.44. The summed E-state index contributed by atoms with van der Waals surface area (Å²) in [4.78, 5) is 11.9. The van der Waals surface area contributed by atoms with Crippen LogP contribution in [0.5, 0.6) is 5.75 Å². The number of phenolic OH excluding ortho intramolecular Hbond substituents is 1. The van der Waals surface area contributed by atoms with Gasteiger partial charge in [-0.05, 0) is 36.5 Å². The molecule has 1 amide bonds. The Bertz CT molecular complexity index is 445. The second-order valence-corrected chi connectivity index (χ2v) is 5.15. The molecule has 98 valence electrons. The second-order valence-electron chi connectivity index (χ2n) is 5.15. The molecule has 4 heteroatoms. The number of amides is 1. The molecule has 2 unspecified atom stereocenters. The number of nitrogens with one attached hydrogen (secondary N) is 1. The molecule has 1 aromatic carbocycles. The van der Waals surface area contributed by atoms with Crippen molar-refractivity contribution in [2.24, 2.45) is 11.8 Å². The summed E-state index contributed by atoms with van der Waals surface area (Å²) >= 11 is 0. The van der Waals surface area contributed by atoms with Gasteiger partial charge in [-0.25, -0.2) is 0 Å². The van der Waals surface area contributed by atoms with Crippen molar-refractivity contribution in [2.45, 2.75) is 26.2 Å². The van der Waals surface area contributed by atoms with Crippen molar-refractivity contribution < 1.29 is 9.90 Å². The maximum Gasteiger partial charge on any atom is 0.251 e. The zero-order valence-electron chi connectivity index (χ0n) is 10.6. The molecule has 0 radical (unpaired) electrons. The summed E-state index contributed by atoms with van der Waals surface area (Å²) in [6.07, 6.45) is 3.70. The maximum atomic E-state index is 11.9. The van der Waals surface area contributed by atoms with Crippen LogP contribution >= 0.6 is 0 Å². The zero-order chi connectivity index (χ0) is 13.1. The second kappa shape index (κ2) is 5.29. The largest absolute Gasteiger partial charge is 0.506 e. The van der Waals surface area contributed by atoms with Gasteiger partial charge in [0.25, 0.3) is 5.91 Å². The van der Waals surface area contributed by atoms with E-state index in [4.69, 9.17) is 5.73 Å². The van der Waals surface area contributed by atoms with Crippen LogP contribution in [0.2, 0.25) is 0 Å². The first kappa shape index (κ1) is 12.7. The highest BCUT2D eigenvalue weighted by molar-refractivity contribution is 5.95. The predicted molar refractivity (Wildman–Crippen MR) is 71.4 cm³/mol. The fraction of sp³-hybridized carbons (Fsp3) is 0.500. The quantitative estimate of drug-likeness (QED) is 0.566. The molecule has 1 saturated carbocycles. The summed E-state index contributed by atoms with van der Waals surface area (Å²) in [6, 6.07) is 4.58. The molecule has 0 bridgehead atoms. The maximum absolute atomic E-state index is 11.9. The number of anilines is 1. The van der Waals surface area contributed by atoms with Crippen molar-refractivity contribution in [3.8, 4) is 5.75 Å². The van der Waals surface area contributed by atoms with E-state index < -0.39 is 0 Å². The Balaban J connectivity index is 1.93. The van der Waals surface area contributed by atoms with E-state index in [0.717, 1.165) is 0 Å². The van der Waals surface area contributed by atoms with Crippen LogP contribution in [0.3, 0.4) is 0 Å². The Morgan fingerprint density at radius 2 is 2.28 bits per heavy atom. The Morgan fingerprint density at radius 3 is 2.89 bits per heavy atom. The van der Waals surface area contributed by atoms with Gasteiger partial charge < -0.3 is 16.2 Å². The van der Waals surface area contributed by atoms with Crippen LogP contribution in [-0.2, 0) is 0 Å². The number of carbonyl (C=O) groups excluding carboxylic acids is 1. The Hall–Kier alpha value is -1.71. The van der Waals surface area contributed by atoms with E-state index in [1.165, 1.54) is 25.3 Å². The van der Waals surface area contributed by atoms with Gasteiger partial charge in [-0.3, -0.25) is 4.79 Å². The monoisotopic (exact) mass is 248 g/mol. The number of carbonyl (C=O) groups is 1. The molecule has 1 aliphatic rings. The van der Waals surface area contributed by atoms with E-state index in [-0.39, 0.29) is 17.3 Å². The van der Waals surface area contributed by atoms with Crippen LogP contribution < -0.4 is 11.1 Å². The van der Waals surface area contributed by atoms with Crippen LogP contribution in [0.25, 0.3) is 0 Å². The molecule has 1 aliphatic carbocycles. The summed E-state index contributed by atoms with van der Waals surface area (Å²) in [5.74, 6) is 1.07. The number of nitrogens with two attached hydrogens (primary N) is 1. The zero-order valence-corrected chi connectivity index (χ0v) is 10.6. The summed E-state index contributed by atoms with van der Waals surface area (Å²) in [7, 11) is 0. The third-order valence-corrected chi connectivity index (χ3v) is 3.86. The lowest BCUT2D eigenvalue weighted by atomic mass is 9.98. The van der Waals surface area contributed by atoms with Gasteiger partial charge in [-0.2, -0.15) is 0 Å². The molecule has 4 nitrogen and oxygen atoms in total. The van der Waals surface area contributed by atoms with Gasteiger partial charge in [0, 0.05) is 12.1 Å². The average molecular weight is 248 g/mol. The van der Waals surface area contributed by atoms with Crippen molar-refractivity contribution >= 4 is 11.6 Å². The van der Waals surface area contributed by atoms with Gasteiger partial charge >= 0.3 is 0 Å². The minimum absolute atomic E-state index is 0.0446. The molecule has 2 rings (SSSR count). The minimum Gasteiger partial charge on any atom is -0.506 e. The summed E-state index contributed by atoms with van der Waals surface area (Å²) < 4.78 is 0. The van der Waals surface area contributed by atoms with E-state index in [2.05, 4.69) is 12.2 Å². The topological polar surface area (TPSA) is 75.4 Å². The third-order valence-electron chi connectivity index (χ3n) is 3.86. The summed E-state index contributed by atoms with van der Waals surface area (Å²) in [5.41, 5.74) is 6.24. The molecular weight excluding hydrogens is 228 g/mol. The van der Waals surface area contributed by atoms with E-state index in [1.807, 2.05) is 0 Å². The Labute approximate surface area is 107 Å². The highest BCUT2D eigenvalue weighted by Crippen LogP contribution is 2.30. The third kappa shape index (κ3) is 2.75. The number of phenols is 1. The molecule has 0 aromatic heterocycles. The molecule has 0 saturated heterocycles. The van der Waals surface area contributed by atoms with Gasteiger partial charge in [0.05, 0.1) is 5.69 Å². The SMILES string of the molecule is CC1CCCC1CNC(=O)c1ccc(N)c(O)c1. The molecule has 0 heterocycles. The van der Waals surface area contributed by atoms with Crippen molar-refractivity contribution in [1.82, 2.24) is 5.32 Å². The minimum atomic E-state index is -0.149. The molecule has 0 spiro atoms. The number of rotatable bonds is 3. The highest BCUT2D eigenvalue weighted by Gasteiger charge is 2.23. The Kier molecular flexibility index (Phi) is 3.75. The predicted octanol–water partition coefficient (Wildman–Crippen LogP) is 2.14. The average Bonchev–Trinajstić information content (AvgIpc) is 2.75. The fourth-order valence-electron chi connectivity index (χ4n) is 2.54. The molecule has 1 aromatic rings. The molecule has 18 heavy (non-hydrogen) atoms. The smallest absolute Gasteiger partial charge is 0.251 e. The summed E-state index contributed by atoms with van der Waals surface area (Å²) in [6.45, 7) is 2.95. The van der Waals surface area contributed by atoms with E-state index >= 15 is 0 Å². The normalized spacial score (nSPS) is 22.9. The lowest BCUT2D eigenvalue weighted by Crippen LogP contribution is -2.30. The van der Waals surface area contributed by atoms with Gasteiger partial charge in [0.15, 0.2) is 0 Å². The first-order valence-corrected chi connectivity index (χ1v) is 6.44. The highest BCUT2D eigenvalue weighted by atomic mass is 16.3. The summed E-state index contributed by atoms with van der Waals surface area (Å²) in [5, 5.41) is 12.4. The number of hydrogen-bond donors (Lipinski definition) is 3. The van der Waals surface area contributed by atoms with Gasteiger partial charge in [0.1, 0.15) is 5.75 Å². The van der Waals surface area contributed by atoms with E-state index in [1.54, 1.807) is 12.1 Å². The van der Waals surface area contributed by atoms with E-state index in [9.17, 15) is 9.90 Å². The number of nitrogen functional groups attached to an aromatic ring is 1. The van der Waals surface area contributed by atoms with Crippen LogP contribution in [0.4, 0.5) is 5.69 Å². The van der Waals surface area contributed by atoms with Gasteiger partial charge in [0.2, 0.25) is 0 Å². The molecule has 4 N–H and O–H groups in total. The molecule has 0 aliphatic heterocycles. The molecular formula is C14H20N2O2. The van der Waals surface area contributed by atoms with Crippen LogP contribution in [0.15, 0.2) is 18.2 Å². The van der Waals surface area contributed by atoms with Crippen LogP contribution in [-0.4, -0.2) is 17.6 Å². The van der Waals surface area contributed by atoms with E-state index in [0.29, 0.717) is 23.9 Å². The lowest BCUT2D eigenvalue weighted by Gasteiger charge is -2.16. The number of aromatic hydroxyl groups is 1. The van der Waals surface area contributed by atoms with Crippen molar-refractivity contribution in [3.63, 3.8) is 0 Å². The van der Waals surface area contributed by atoms with Crippen LogP contribution in [0.1, 0.15) is 36.5 Å². The number of benzene rings is 1. The first-order chi connectivity index (χ1) is 8.58. The van der Waals surface area contributed by atoms with Crippen molar-refractivity contribution in [3.05, 3.63) is 23.8 Å². The molecule has 1 fully saturated rings. The number of hydrogen-bond acceptors (Lipinski definition) is 3. The Morgan fingerprint density at radius 1 is 1.50 bits per heavy atom. The molecule has 2 atom stereocenters. The standard InChI is InChI=1S/C14H20N2O2/c1-9-3-2-4-11(9)8-16-14(18)10-5-6-12(15)13(17)7-10/h5-7,9,11,17H,2-4,8,15H2,1H3,(H,16,18). The van der Waals surface area contributed by atoms with Gasteiger partial charge in [-0.1, -0.05) is 19.8 Å². The van der Waals surface area contributed by atoms with Crippen molar-refractivity contribution in [2.75, 3.05) is 12.3 Å². The van der Waals surface area contributed by atoms with Crippen LogP contribution in [0, 0.1) is 11.8 Å². The fourth-order valence-corrected chi connectivity index (χ4v) is 2.54. The van der Waals surface area contributed by atoms with Crippen molar-refractivity contribution in [1.29, 1.82) is 0 Å².